The van der Waals surface area contributed by atoms with Crippen LogP contribution in [0, 0.1) is 0 Å². The number of nitrogens with zero attached hydrogens (tertiary/aromatic N) is 3. The molecule has 0 bridgehead atoms. The molecule has 2 aliphatic rings. The normalized spacial score (nSPS) is 13.2. The highest BCUT2D eigenvalue weighted by molar-refractivity contribution is 6.04. The Bertz CT molecular complexity index is 3050. The summed E-state index contributed by atoms with van der Waals surface area (Å²) in [5.41, 5.74) is 11.7. The molecule has 0 saturated carbocycles. The van der Waals surface area contributed by atoms with Crippen LogP contribution in [0.2, 0.25) is 0 Å². The molecule has 0 atom stereocenters. The van der Waals surface area contributed by atoms with Crippen LogP contribution in [0.25, 0.3) is 78.3 Å². The van der Waals surface area contributed by atoms with Gasteiger partial charge in [0.05, 0.1) is 0 Å². The molecule has 1 aliphatic carbocycles. The Balaban J connectivity index is 1.04. The number of aromatic nitrogens is 3. The van der Waals surface area contributed by atoms with Gasteiger partial charge in [-0.25, -0.2) is 15.0 Å². The van der Waals surface area contributed by atoms with Crippen LogP contribution >= 0.6 is 0 Å². The molecule has 9 aromatic rings. The summed E-state index contributed by atoms with van der Waals surface area (Å²) in [4.78, 5) is 15.5. The third-order valence-corrected chi connectivity index (χ3v) is 11.4. The molecule has 0 saturated heterocycles. The highest BCUT2D eigenvalue weighted by Crippen LogP contribution is 2.58. The van der Waals surface area contributed by atoms with E-state index in [1.165, 1.54) is 16.7 Å². The lowest BCUT2D eigenvalue weighted by Gasteiger charge is -2.25. The zero-order chi connectivity index (χ0) is 38.1. The van der Waals surface area contributed by atoms with E-state index < -0.39 is 0 Å². The summed E-state index contributed by atoms with van der Waals surface area (Å²) in [6, 6.07) is 60.6. The lowest BCUT2D eigenvalue weighted by Crippen LogP contribution is -2.15. The molecular weight excluding hydrogens is 699 g/mol. The molecule has 0 unspecified atom stereocenters. The van der Waals surface area contributed by atoms with Gasteiger partial charge >= 0.3 is 0 Å². The molecule has 0 amide bonds. The van der Waals surface area contributed by atoms with Crippen LogP contribution in [0.3, 0.4) is 0 Å². The Morgan fingerprint density at radius 2 is 0.947 bits per heavy atom. The van der Waals surface area contributed by atoms with Crippen molar-refractivity contribution in [3.63, 3.8) is 0 Å². The average Bonchev–Trinajstić information content (AvgIpc) is 3.51. The van der Waals surface area contributed by atoms with Crippen molar-refractivity contribution in [3.05, 3.63) is 187 Å². The molecule has 5 heteroatoms. The molecule has 0 fully saturated rings. The average molecular weight is 734 g/mol. The first-order chi connectivity index (χ1) is 28.0. The quantitative estimate of drug-likeness (QED) is 0.176. The van der Waals surface area contributed by atoms with E-state index in [0.29, 0.717) is 29.0 Å². The SMILES string of the molecule is CC1(C)c2ccccc2-c2c1ccc1c2Oc2cc(-c3ccccc3-c3nc(-c4ccccc4)nc(-c4ccc(-c5ccccc5)c5ccccc45)n3)ccc2O1. The maximum Gasteiger partial charge on any atom is 0.178 e. The van der Waals surface area contributed by atoms with E-state index in [4.69, 9.17) is 24.4 Å². The van der Waals surface area contributed by atoms with E-state index >= 15 is 0 Å². The van der Waals surface area contributed by atoms with Gasteiger partial charge in [-0.2, -0.15) is 0 Å². The van der Waals surface area contributed by atoms with Gasteiger partial charge in [0.25, 0.3) is 0 Å². The van der Waals surface area contributed by atoms with Crippen molar-refractivity contribution in [2.75, 3.05) is 0 Å². The van der Waals surface area contributed by atoms with Gasteiger partial charge in [-0.15, -0.1) is 0 Å². The van der Waals surface area contributed by atoms with Crippen LogP contribution in [0.15, 0.2) is 176 Å². The van der Waals surface area contributed by atoms with Crippen LogP contribution in [-0.2, 0) is 5.41 Å². The van der Waals surface area contributed by atoms with Gasteiger partial charge in [-0.1, -0.05) is 166 Å². The van der Waals surface area contributed by atoms with E-state index in [9.17, 15) is 0 Å². The third kappa shape index (κ3) is 5.35. The third-order valence-electron chi connectivity index (χ3n) is 11.4. The minimum Gasteiger partial charge on any atom is -0.449 e. The molecular formula is C52H35N3O2. The minimum atomic E-state index is -0.149. The fourth-order valence-electron chi connectivity index (χ4n) is 8.62. The van der Waals surface area contributed by atoms with Gasteiger partial charge in [0.15, 0.2) is 40.5 Å². The molecule has 0 radical (unpaired) electrons. The topological polar surface area (TPSA) is 57.1 Å². The van der Waals surface area contributed by atoms with Crippen molar-refractivity contribution >= 4 is 10.8 Å². The van der Waals surface area contributed by atoms with E-state index in [-0.39, 0.29) is 5.41 Å². The number of rotatable bonds is 5. The first-order valence-electron chi connectivity index (χ1n) is 19.3. The molecule has 1 aliphatic heterocycles. The summed E-state index contributed by atoms with van der Waals surface area (Å²) in [6.45, 7) is 4.55. The first-order valence-corrected chi connectivity index (χ1v) is 19.3. The monoisotopic (exact) mass is 733 g/mol. The summed E-state index contributed by atoms with van der Waals surface area (Å²) in [5.74, 6) is 4.62. The highest BCUT2D eigenvalue weighted by Gasteiger charge is 2.39. The van der Waals surface area contributed by atoms with Crippen molar-refractivity contribution < 1.29 is 9.47 Å². The summed E-state index contributed by atoms with van der Waals surface area (Å²) < 4.78 is 13.4. The van der Waals surface area contributed by atoms with Gasteiger partial charge in [-0.3, -0.25) is 0 Å². The number of ether oxygens (including phenoxy) is 2. The Morgan fingerprint density at radius 1 is 0.368 bits per heavy atom. The van der Waals surface area contributed by atoms with Crippen molar-refractivity contribution in [3.8, 4) is 90.5 Å². The fourth-order valence-corrected chi connectivity index (χ4v) is 8.62. The van der Waals surface area contributed by atoms with Crippen molar-refractivity contribution in [1.29, 1.82) is 0 Å². The van der Waals surface area contributed by atoms with Gasteiger partial charge in [0.1, 0.15) is 0 Å². The summed E-state index contributed by atoms with van der Waals surface area (Å²) in [5, 5.41) is 2.22. The standard InChI is InChI=1S/C52H35N3O2/c1-52(2)42-24-14-13-23-41(42)47-43(52)28-30-45-48(47)57-46-31-34(25-29-44(46)56-45)35-19-9-12-22-39(35)50-53-49(33-17-7-4-8-18-33)54-51(55-50)40-27-26-36(32-15-5-3-6-16-32)37-20-10-11-21-38(37)40/h3-31H,1-2H3. The molecule has 57 heavy (non-hydrogen) atoms. The van der Waals surface area contributed by atoms with Crippen LogP contribution in [0.5, 0.6) is 23.0 Å². The number of benzene rings is 8. The van der Waals surface area contributed by atoms with Gasteiger partial charge < -0.3 is 9.47 Å². The fraction of sp³-hybridized carbons (Fsp3) is 0.0577. The second kappa shape index (κ2) is 12.9. The Labute approximate surface area is 330 Å². The summed E-state index contributed by atoms with van der Waals surface area (Å²) in [7, 11) is 0. The molecule has 8 aromatic carbocycles. The van der Waals surface area contributed by atoms with Crippen LogP contribution in [-0.4, -0.2) is 15.0 Å². The predicted molar refractivity (Wildman–Crippen MR) is 229 cm³/mol. The Morgan fingerprint density at radius 3 is 1.72 bits per heavy atom. The van der Waals surface area contributed by atoms with Crippen LogP contribution in [0.4, 0.5) is 0 Å². The molecule has 1 aromatic heterocycles. The molecule has 11 rings (SSSR count). The second-order valence-corrected chi connectivity index (χ2v) is 15.1. The molecule has 5 nitrogen and oxygen atoms in total. The maximum atomic E-state index is 6.85. The molecule has 270 valence electrons. The minimum absolute atomic E-state index is 0.149. The van der Waals surface area contributed by atoms with Crippen molar-refractivity contribution in [2.45, 2.75) is 19.3 Å². The van der Waals surface area contributed by atoms with Crippen molar-refractivity contribution in [1.82, 2.24) is 15.0 Å². The second-order valence-electron chi connectivity index (χ2n) is 15.1. The molecule has 0 N–H and O–H groups in total. The van der Waals surface area contributed by atoms with Crippen LogP contribution in [0.1, 0.15) is 25.0 Å². The summed E-state index contributed by atoms with van der Waals surface area (Å²) >= 11 is 0. The zero-order valence-corrected chi connectivity index (χ0v) is 31.4. The Kier molecular flexibility index (Phi) is 7.45. The molecule has 0 spiro atoms. The number of fused-ring (bicyclic) bond motifs is 7. The lowest BCUT2D eigenvalue weighted by atomic mass is 9.82. The van der Waals surface area contributed by atoms with Gasteiger partial charge in [-0.05, 0) is 74.0 Å². The molecule has 2 heterocycles. The van der Waals surface area contributed by atoms with Gasteiger partial charge in [0.2, 0.25) is 0 Å². The summed E-state index contributed by atoms with van der Waals surface area (Å²) in [6.07, 6.45) is 0. The predicted octanol–water partition coefficient (Wildman–Crippen LogP) is 13.6. The van der Waals surface area contributed by atoms with Crippen molar-refractivity contribution in [2.24, 2.45) is 0 Å². The smallest absolute Gasteiger partial charge is 0.178 e. The lowest BCUT2D eigenvalue weighted by molar-refractivity contribution is 0.360. The Hall–Kier alpha value is -7.37. The largest absolute Gasteiger partial charge is 0.449 e. The van der Waals surface area contributed by atoms with E-state index in [0.717, 1.165) is 66.8 Å². The van der Waals surface area contributed by atoms with E-state index in [1.54, 1.807) is 0 Å². The zero-order valence-electron chi connectivity index (χ0n) is 31.4. The highest BCUT2D eigenvalue weighted by atomic mass is 16.6. The van der Waals surface area contributed by atoms with E-state index in [1.807, 2.05) is 60.7 Å². The van der Waals surface area contributed by atoms with Crippen LogP contribution < -0.4 is 9.47 Å². The van der Waals surface area contributed by atoms with E-state index in [2.05, 4.69) is 129 Å². The maximum absolute atomic E-state index is 6.85. The number of hydrogen-bond donors (Lipinski definition) is 0. The number of hydrogen-bond acceptors (Lipinski definition) is 5. The first kappa shape index (κ1) is 33.0. The van der Waals surface area contributed by atoms with Gasteiger partial charge in [0, 0.05) is 27.7 Å².